The van der Waals surface area contributed by atoms with Gasteiger partial charge in [-0.1, -0.05) is 0 Å². The summed E-state index contributed by atoms with van der Waals surface area (Å²) in [6.45, 7) is 0. The van der Waals surface area contributed by atoms with Gasteiger partial charge in [-0.3, -0.25) is 0 Å². The first kappa shape index (κ1) is 12.0. The van der Waals surface area contributed by atoms with Crippen LogP contribution in [0.15, 0.2) is 28.2 Å². The first-order valence-corrected chi connectivity index (χ1v) is 6.04. The predicted octanol–water partition coefficient (Wildman–Crippen LogP) is 3.54. The molecule has 0 unspecified atom stereocenters. The van der Waals surface area contributed by atoms with Gasteiger partial charge < -0.3 is 9.84 Å². The summed E-state index contributed by atoms with van der Waals surface area (Å²) in [6.07, 6.45) is 1.39. The van der Waals surface area contributed by atoms with E-state index in [1.165, 1.54) is 23.7 Å². The van der Waals surface area contributed by atoms with Crippen LogP contribution in [0, 0.1) is 5.82 Å². The van der Waals surface area contributed by atoms with E-state index in [0.29, 0.717) is 4.47 Å². The summed E-state index contributed by atoms with van der Waals surface area (Å²) in [5, 5.41) is 10.2. The Kier molecular flexibility index (Phi) is 3.39. The fourth-order valence-corrected chi connectivity index (χ4v) is 2.02. The molecule has 7 heteroatoms. The number of ether oxygens (including phenoxy) is 1. The van der Waals surface area contributed by atoms with E-state index in [1.54, 1.807) is 0 Å². The topological polar surface area (TPSA) is 59.4 Å². The first-order valence-electron chi connectivity index (χ1n) is 4.37. The van der Waals surface area contributed by atoms with E-state index in [-0.39, 0.29) is 16.5 Å². The zero-order chi connectivity index (χ0) is 12.4. The molecule has 2 heterocycles. The molecule has 0 aliphatic rings. The molecule has 17 heavy (non-hydrogen) atoms. The molecule has 0 bridgehead atoms. The minimum atomic E-state index is -1.05. The highest BCUT2D eigenvalue weighted by Gasteiger charge is 2.11. The predicted molar refractivity (Wildman–Crippen MR) is 63.2 cm³/mol. The lowest BCUT2D eigenvalue weighted by Gasteiger charge is -2.02. The van der Waals surface area contributed by atoms with Crippen LogP contribution >= 0.6 is 27.3 Å². The first-order chi connectivity index (χ1) is 8.06. The molecule has 0 aromatic carbocycles. The zero-order valence-corrected chi connectivity index (χ0v) is 10.6. The molecule has 1 N–H and O–H groups in total. The van der Waals surface area contributed by atoms with Crippen molar-refractivity contribution in [3.05, 3.63) is 38.9 Å². The number of carbonyl (C=O) groups is 1. The molecular weight excluding hydrogens is 313 g/mol. The number of hydrogen-bond donors (Lipinski definition) is 1. The second-order valence-corrected chi connectivity index (χ2v) is 4.82. The van der Waals surface area contributed by atoms with Gasteiger partial charge in [0.15, 0.2) is 5.82 Å². The van der Waals surface area contributed by atoms with Gasteiger partial charge in [0.25, 0.3) is 5.88 Å². The summed E-state index contributed by atoms with van der Waals surface area (Å²) in [5.74, 6) is -1.61. The van der Waals surface area contributed by atoms with Gasteiger partial charge in [-0.05, 0) is 22.0 Å². The Morgan fingerprint density at radius 1 is 1.53 bits per heavy atom. The van der Waals surface area contributed by atoms with Crippen LogP contribution in [0.5, 0.6) is 11.6 Å². The van der Waals surface area contributed by atoms with Crippen molar-refractivity contribution in [1.29, 1.82) is 0 Å². The Morgan fingerprint density at radius 2 is 2.29 bits per heavy atom. The number of halogens is 2. The Morgan fingerprint density at radius 3 is 2.88 bits per heavy atom. The van der Waals surface area contributed by atoms with Gasteiger partial charge in [0.2, 0.25) is 0 Å². The van der Waals surface area contributed by atoms with E-state index in [9.17, 15) is 9.18 Å². The van der Waals surface area contributed by atoms with E-state index in [0.717, 1.165) is 11.3 Å². The molecule has 0 saturated heterocycles. The lowest BCUT2D eigenvalue weighted by Crippen LogP contribution is -1.92. The van der Waals surface area contributed by atoms with Crippen molar-refractivity contribution in [3.8, 4) is 11.6 Å². The van der Waals surface area contributed by atoms with Gasteiger partial charge in [-0.15, -0.1) is 11.3 Å². The van der Waals surface area contributed by atoms with Crippen LogP contribution in [-0.2, 0) is 0 Å². The van der Waals surface area contributed by atoms with E-state index >= 15 is 0 Å². The smallest absolute Gasteiger partial charge is 0.346 e. The van der Waals surface area contributed by atoms with Crippen molar-refractivity contribution < 1.29 is 19.0 Å². The second kappa shape index (κ2) is 4.80. The number of thiophene rings is 1. The van der Waals surface area contributed by atoms with Crippen LogP contribution < -0.4 is 4.74 Å². The van der Waals surface area contributed by atoms with E-state index in [1.807, 2.05) is 0 Å². The van der Waals surface area contributed by atoms with Gasteiger partial charge >= 0.3 is 5.97 Å². The molecule has 0 spiro atoms. The number of nitrogens with zero attached hydrogens (tertiary/aromatic N) is 1. The molecule has 0 amide bonds. The summed E-state index contributed by atoms with van der Waals surface area (Å²) in [6, 6.07) is 2.53. The minimum Gasteiger partial charge on any atom is -0.477 e. The van der Waals surface area contributed by atoms with Crippen LogP contribution in [0.2, 0.25) is 0 Å². The molecule has 4 nitrogen and oxygen atoms in total. The van der Waals surface area contributed by atoms with Gasteiger partial charge in [0.1, 0.15) is 10.6 Å². The molecule has 0 radical (unpaired) electrons. The molecular formula is C10H5BrFNO3S. The van der Waals surface area contributed by atoms with E-state index in [2.05, 4.69) is 20.9 Å². The van der Waals surface area contributed by atoms with Gasteiger partial charge in [0.05, 0.1) is 0 Å². The lowest BCUT2D eigenvalue weighted by molar-refractivity contribution is 0.0702. The minimum absolute atomic E-state index is 0.123. The highest BCUT2D eigenvalue weighted by Crippen LogP contribution is 2.28. The van der Waals surface area contributed by atoms with Crippen molar-refractivity contribution in [2.24, 2.45) is 0 Å². The van der Waals surface area contributed by atoms with Gasteiger partial charge in [-0.2, -0.15) is 0 Å². The number of rotatable bonds is 3. The van der Waals surface area contributed by atoms with E-state index in [4.69, 9.17) is 9.84 Å². The fraction of sp³-hybridized carbons (Fsp3) is 0. The number of aromatic nitrogens is 1. The second-order valence-electron chi connectivity index (χ2n) is 2.99. The largest absolute Gasteiger partial charge is 0.477 e. The molecule has 0 atom stereocenters. The molecule has 2 rings (SSSR count). The Balaban J connectivity index is 2.22. The number of hydrogen-bond acceptors (Lipinski definition) is 4. The van der Waals surface area contributed by atoms with Crippen LogP contribution in [-0.4, -0.2) is 16.1 Å². The molecule has 88 valence electrons. The molecule has 0 fully saturated rings. The Bertz CT molecular complexity index is 572. The van der Waals surface area contributed by atoms with Crippen LogP contribution in [0.3, 0.4) is 0 Å². The Labute approximate surface area is 108 Å². The highest BCUT2D eigenvalue weighted by atomic mass is 79.9. The third-order valence-electron chi connectivity index (χ3n) is 1.77. The number of carboxylic acid groups (broad SMARTS) is 1. The lowest BCUT2D eigenvalue weighted by atomic mass is 10.4. The monoisotopic (exact) mass is 317 g/mol. The van der Waals surface area contributed by atoms with Gasteiger partial charge in [0, 0.05) is 22.1 Å². The number of aromatic carboxylic acids is 1. The standard InChI is InChI=1S/C10H5BrFNO3S/c11-5-1-7(12)9(13-3-5)16-6-2-8(10(14)15)17-4-6/h1-4H,(H,14,15). The van der Waals surface area contributed by atoms with Crippen molar-refractivity contribution >= 4 is 33.2 Å². The SMILES string of the molecule is O=C(O)c1cc(Oc2ncc(Br)cc2F)cs1. The third-order valence-corrected chi connectivity index (χ3v) is 3.10. The van der Waals surface area contributed by atoms with Crippen molar-refractivity contribution in [1.82, 2.24) is 4.98 Å². The quantitative estimate of drug-likeness (QED) is 0.940. The van der Waals surface area contributed by atoms with Gasteiger partial charge in [-0.25, -0.2) is 14.2 Å². The fourth-order valence-electron chi connectivity index (χ4n) is 1.07. The summed E-state index contributed by atoms with van der Waals surface area (Å²) in [5.41, 5.74) is 0. The summed E-state index contributed by atoms with van der Waals surface area (Å²) >= 11 is 4.07. The average molecular weight is 318 g/mol. The van der Waals surface area contributed by atoms with Crippen molar-refractivity contribution in [2.75, 3.05) is 0 Å². The average Bonchev–Trinajstić information content (AvgIpc) is 2.71. The maximum absolute atomic E-state index is 13.4. The number of pyridine rings is 1. The van der Waals surface area contributed by atoms with Crippen LogP contribution in [0.25, 0.3) is 0 Å². The Hall–Kier alpha value is -1.47. The maximum atomic E-state index is 13.4. The van der Waals surface area contributed by atoms with Crippen molar-refractivity contribution in [3.63, 3.8) is 0 Å². The summed E-state index contributed by atoms with van der Waals surface area (Å²) in [7, 11) is 0. The molecule has 2 aromatic rings. The molecule has 0 aliphatic heterocycles. The normalized spacial score (nSPS) is 10.2. The highest BCUT2D eigenvalue weighted by molar-refractivity contribution is 9.10. The zero-order valence-electron chi connectivity index (χ0n) is 8.18. The third kappa shape index (κ3) is 2.80. The van der Waals surface area contributed by atoms with Crippen LogP contribution in [0.4, 0.5) is 4.39 Å². The molecule has 2 aromatic heterocycles. The number of carboxylic acids is 1. The molecule has 0 saturated carbocycles. The van der Waals surface area contributed by atoms with Crippen LogP contribution in [0.1, 0.15) is 9.67 Å². The van der Waals surface area contributed by atoms with Crippen molar-refractivity contribution in [2.45, 2.75) is 0 Å². The van der Waals surface area contributed by atoms with E-state index < -0.39 is 11.8 Å². The maximum Gasteiger partial charge on any atom is 0.346 e. The summed E-state index contributed by atoms with van der Waals surface area (Å²) < 4.78 is 19.0. The molecule has 0 aliphatic carbocycles. The summed E-state index contributed by atoms with van der Waals surface area (Å²) in [4.78, 5) is 14.5.